The SMILES string of the molecule is COc1ccc(-c2ccc3cc(C)c(-c4ccnc(-n5ccnc5)n4)n3n2)cc1OC. The van der Waals surface area contributed by atoms with E-state index in [2.05, 4.69) is 23.0 Å². The number of hydrogen-bond donors (Lipinski definition) is 0. The molecule has 0 aliphatic heterocycles. The van der Waals surface area contributed by atoms with Crippen LogP contribution in [0.2, 0.25) is 0 Å². The van der Waals surface area contributed by atoms with Gasteiger partial charge >= 0.3 is 0 Å². The van der Waals surface area contributed by atoms with Crippen LogP contribution in [-0.4, -0.2) is 43.4 Å². The Morgan fingerprint density at radius 3 is 2.52 bits per heavy atom. The molecule has 4 aromatic heterocycles. The summed E-state index contributed by atoms with van der Waals surface area (Å²) in [5.41, 5.74) is 5.51. The van der Waals surface area contributed by atoms with E-state index in [4.69, 9.17) is 19.6 Å². The van der Waals surface area contributed by atoms with Crippen LogP contribution in [0.4, 0.5) is 0 Å². The van der Waals surface area contributed by atoms with Crippen LogP contribution in [0.25, 0.3) is 34.1 Å². The number of nitrogens with zero attached hydrogens (tertiary/aromatic N) is 6. The summed E-state index contributed by atoms with van der Waals surface area (Å²) in [6.45, 7) is 2.05. The van der Waals surface area contributed by atoms with Crippen molar-refractivity contribution >= 4 is 5.52 Å². The molecule has 0 aliphatic rings. The molecule has 8 nitrogen and oxygen atoms in total. The Labute approximate surface area is 178 Å². The summed E-state index contributed by atoms with van der Waals surface area (Å²) >= 11 is 0. The highest BCUT2D eigenvalue weighted by atomic mass is 16.5. The highest BCUT2D eigenvalue weighted by Crippen LogP contribution is 2.32. The molecular formula is C23H20N6O2. The first-order valence-electron chi connectivity index (χ1n) is 9.71. The molecule has 0 saturated heterocycles. The molecule has 0 spiro atoms. The van der Waals surface area contributed by atoms with Gasteiger partial charge in [-0.05, 0) is 55.0 Å². The van der Waals surface area contributed by atoms with E-state index in [1.807, 2.05) is 47.1 Å². The third-order valence-corrected chi connectivity index (χ3v) is 5.11. The van der Waals surface area contributed by atoms with Gasteiger partial charge in [-0.25, -0.2) is 19.5 Å². The third-order valence-electron chi connectivity index (χ3n) is 5.11. The molecular weight excluding hydrogens is 392 g/mol. The van der Waals surface area contributed by atoms with Gasteiger partial charge in [-0.3, -0.25) is 4.57 Å². The quantitative estimate of drug-likeness (QED) is 0.435. The molecule has 0 saturated carbocycles. The Morgan fingerprint density at radius 1 is 0.871 bits per heavy atom. The largest absolute Gasteiger partial charge is 0.493 e. The van der Waals surface area contributed by atoms with Gasteiger partial charge in [0.05, 0.1) is 36.8 Å². The Bertz CT molecular complexity index is 1370. The van der Waals surface area contributed by atoms with Crippen LogP contribution in [-0.2, 0) is 0 Å². The number of aromatic nitrogens is 6. The molecule has 5 aromatic rings. The fraction of sp³-hybridized carbons (Fsp3) is 0.130. The van der Waals surface area contributed by atoms with Crippen LogP contribution in [0.15, 0.2) is 67.4 Å². The van der Waals surface area contributed by atoms with Gasteiger partial charge in [0.15, 0.2) is 11.5 Å². The predicted molar refractivity (Wildman–Crippen MR) is 117 cm³/mol. The summed E-state index contributed by atoms with van der Waals surface area (Å²) in [6.07, 6.45) is 6.94. The van der Waals surface area contributed by atoms with E-state index in [0.29, 0.717) is 17.4 Å². The number of methoxy groups -OCH3 is 2. The van der Waals surface area contributed by atoms with Crippen molar-refractivity contribution in [2.24, 2.45) is 0 Å². The predicted octanol–water partition coefficient (Wildman–Crippen LogP) is 3.97. The van der Waals surface area contributed by atoms with Gasteiger partial charge in [-0.2, -0.15) is 5.10 Å². The smallest absolute Gasteiger partial charge is 0.235 e. The minimum Gasteiger partial charge on any atom is -0.493 e. The van der Waals surface area contributed by atoms with Crippen molar-refractivity contribution in [1.82, 2.24) is 29.1 Å². The van der Waals surface area contributed by atoms with Crippen LogP contribution in [0.3, 0.4) is 0 Å². The fourth-order valence-corrected chi connectivity index (χ4v) is 3.62. The zero-order chi connectivity index (χ0) is 21.4. The Kier molecular flexibility index (Phi) is 4.59. The van der Waals surface area contributed by atoms with Crippen molar-refractivity contribution in [1.29, 1.82) is 0 Å². The lowest BCUT2D eigenvalue weighted by Crippen LogP contribution is -2.02. The van der Waals surface area contributed by atoms with Crippen molar-refractivity contribution in [3.05, 3.63) is 72.9 Å². The maximum atomic E-state index is 5.45. The van der Waals surface area contributed by atoms with Crippen molar-refractivity contribution in [3.63, 3.8) is 0 Å². The van der Waals surface area contributed by atoms with Crippen molar-refractivity contribution in [2.45, 2.75) is 6.92 Å². The fourth-order valence-electron chi connectivity index (χ4n) is 3.62. The standard InChI is InChI=1S/C23H20N6O2/c1-15-12-17-5-6-18(16-4-7-20(30-2)21(13-16)31-3)27-29(17)22(15)19-8-9-25-23(26-19)28-11-10-24-14-28/h4-14H,1-3H3. The first kappa shape index (κ1) is 18.8. The van der Waals surface area contributed by atoms with E-state index in [9.17, 15) is 0 Å². The minimum atomic E-state index is 0.556. The van der Waals surface area contributed by atoms with E-state index in [0.717, 1.165) is 33.7 Å². The molecule has 31 heavy (non-hydrogen) atoms. The summed E-state index contributed by atoms with van der Waals surface area (Å²) in [5, 5.41) is 4.91. The number of imidazole rings is 1. The minimum absolute atomic E-state index is 0.556. The zero-order valence-electron chi connectivity index (χ0n) is 17.4. The highest BCUT2D eigenvalue weighted by Gasteiger charge is 2.15. The molecule has 0 fully saturated rings. The second-order valence-corrected chi connectivity index (χ2v) is 7.01. The molecule has 0 N–H and O–H groups in total. The van der Waals surface area contributed by atoms with Gasteiger partial charge in [0.25, 0.3) is 0 Å². The third kappa shape index (κ3) is 3.28. The number of benzene rings is 1. The summed E-state index contributed by atoms with van der Waals surface area (Å²) in [4.78, 5) is 13.2. The van der Waals surface area contributed by atoms with E-state index in [1.54, 1.807) is 37.5 Å². The van der Waals surface area contributed by atoms with Crippen LogP contribution in [0.1, 0.15) is 5.56 Å². The molecule has 8 heteroatoms. The second kappa shape index (κ2) is 7.56. The number of fused-ring (bicyclic) bond motifs is 1. The summed E-state index contributed by atoms with van der Waals surface area (Å²) in [5.74, 6) is 1.89. The van der Waals surface area contributed by atoms with Gasteiger partial charge in [-0.1, -0.05) is 0 Å². The molecule has 0 bridgehead atoms. The van der Waals surface area contributed by atoms with Crippen molar-refractivity contribution in [3.8, 4) is 40.1 Å². The molecule has 5 rings (SSSR count). The maximum absolute atomic E-state index is 5.45. The van der Waals surface area contributed by atoms with Crippen LogP contribution >= 0.6 is 0 Å². The van der Waals surface area contributed by atoms with Gasteiger partial charge < -0.3 is 9.47 Å². The number of ether oxygens (including phenoxy) is 2. The van der Waals surface area contributed by atoms with Crippen LogP contribution < -0.4 is 9.47 Å². The van der Waals surface area contributed by atoms with E-state index in [-0.39, 0.29) is 0 Å². The highest BCUT2D eigenvalue weighted by molar-refractivity contribution is 5.71. The number of rotatable bonds is 5. The summed E-state index contributed by atoms with van der Waals surface area (Å²) in [7, 11) is 3.25. The van der Waals surface area contributed by atoms with Crippen LogP contribution in [0.5, 0.6) is 11.5 Å². The lowest BCUT2D eigenvalue weighted by molar-refractivity contribution is 0.355. The van der Waals surface area contributed by atoms with E-state index in [1.165, 1.54) is 0 Å². The molecule has 0 aliphatic carbocycles. The lowest BCUT2D eigenvalue weighted by atomic mass is 10.1. The first-order valence-corrected chi connectivity index (χ1v) is 9.71. The van der Waals surface area contributed by atoms with Gasteiger partial charge in [-0.15, -0.1) is 0 Å². The molecule has 0 radical (unpaired) electrons. The number of hydrogen-bond acceptors (Lipinski definition) is 6. The first-order chi connectivity index (χ1) is 15.2. The second-order valence-electron chi connectivity index (χ2n) is 7.01. The number of aryl methyl sites for hydroxylation is 1. The van der Waals surface area contributed by atoms with Gasteiger partial charge in [0, 0.05) is 24.2 Å². The molecule has 1 aromatic carbocycles. The van der Waals surface area contributed by atoms with E-state index >= 15 is 0 Å². The van der Waals surface area contributed by atoms with Gasteiger partial charge in [0.1, 0.15) is 6.33 Å². The average Bonchev–Trinajstić information content (AvgIpc) is 3.45. The molecule has 154 valence electrons. The Hall–Kier alpha value is -4.20. The monoisotopic (exact) mass is 412 g/mol. The topological polar surface area (TPSA) is 79.4 Å². The molecule has 0 unspecified atom stereocenters. The van der Waals surface area contributed by atoms with E-state index < -0.39 is 0 Å². The summed E-state index contributed by atoms with van der Waals surface area (Å²) in [6, 6.07) is 13.8. The summed E-state index contributed by atoms with van der Waals surface area (Å²) < 4.78 is 14.5. The maximum Gasteiger partial charge on any atom is 0.235 e. The zero-order valence-corrected chi connectivity index (χ0v) is 17.4. The van der Waals surface area contributed by atoms with Crippen LogP contribution in [0, 0.1) is 6.92 Å². The Morgan fingerprint density at radius 2 is 1.74 bits per heavy atom. The van der Waals surface area contributed by atoms with Gasteiger partial charge in [0.2, 0.25) is 5.95 Å². The van der Waals surface area contributed by atoms with Crippen molar-refractivity contribution in [2.75, 3.05) is 14.2 Å². The lowest BCUT2D eigenvalue weighted by Gasteiger charge is -2.10. The molecule has 0 atom stereocenters. The normalized spacial score (nSPS) is 11.1. The molecule has 4 heterocycles. The van der Waals surface area contributed by atoms with Crippen molar-refractivity contribution < 1.29 is 9.47 Å². The average molecular weight is 412 g/mol. The Balaban J connectivity index is 1.64. The molecule has 0 amide bonds.